The van der Waals surface area contributed by atoms with Gasteiger partial charge in [0.2, 0.25) is 11.8 Å². The molecule has 0 fully saturated rings. The average Bonchev–Trinajstić information content (AvgIpc) is 3.75. The van der Waals surface area contributed by atoms with Gasteiger partial charge in [-0.05, 0) is 93.7 Å². The van der Waals surface area contributed by atoms with Crippen LogP contribution in [-0.2, 0) is 0 Å². The van der Waals surface area contributed by atoms with E-state index in [9.17, 15) is 0 Å². The summed E-state index contributed by atoms with van der Waals surface area (Å²) < 4.78 is 8.47. The highest BCUT2D eigenvalue weighted by Crippen LogP contribution is 2.35. The number of rotatable bonds is 5. The van der Waals surface area contributed by atoms with Gasteiger partial charge in [0, 0.05) is 27.6 Å². The number of aromatic nitrogens is 3. The minimum absolute atomic E-state index is 0.501. The number of fused-ring (bicyclic) bond motifs is 4. The first-order valence-corrected chi connectivity index (χ1v) is 15.4. The second-order valence-electron chi connectivity index (χ2n) is 11.5. The standard InChI is InChI=1S/C42H27N3O/c1-2-10-36(11-3-1)45-39-13-7-6-12-37(39)38-27-35(24-25-40(38)45)30-16-21-32(22-17-30)42-44-43-41(46-42)31-19-14-29(15-20-31)34-23-18-28-8-4-5-9-33(28)26-34/h1-27H. The van der Waals surface area contributed by atoms with Crippen LogP contribution in [0.4, 0.5) is 0 Å². The van der Waals surface area contributed by atoms with Crippen molar-refractivity contribution in [2.24, 2.45) is 0 Å². The van der Waals surface area contributed by atoms with Crippen molar-refractivity contribution in [3.63, 3.8) is 0 Å². The van der Waals surface area contributed by atoms with Gasteiger partial charge < -0.3 is 8.98 Å². The molecule has 0 atom stereocenters. The van der Waals surface area contributed by atoms with Crippen LogP contribution in [0.15, 0.2) is 168 Å². The molecule has 216 valence electrons. The van der Waals surface area contributed by atoms with Crippen molar-refractivity contribution in [1.29, 1.82) is 0 Å². The first kappa shape index (κ1) is 26.2. The number of benzene rings is 7. The summed E-state index contributed by atoms with van der Waals surface area (Å²) >= 11 is 0. The first-order chi connectivity index (χ1) is 22.8. The lowest BCUT2D eigenvalue weighted by molar-refractivity contribution is 0.584. The second kappa shape index (κ2) is 10.7. The van der Waals surface area contributed by atoms with Gasteiger partial charge in [-0.15, -0.1) is 10.2 Å². The van der Waals surface area contributed by atoms with Gasteiger partial charge in [0.25, 0.3) is 0 Å². The zero-order chi connectivity index (χ0) is 30.5. The Labute approximate surface area is 265 Å². The van der Waals surface area contributed by atoms with Gasteiger partial charge in [-0.2, -0.15) is 0 Å². The molecule has 0 aliphatic heterocycles. The molecule has 0 amide bonds. The molecule has 9 aromatic rings. The first-order valence-electron chi connectivity index (χ1n) is 15.4. The van der Waals surface area contributed by atoms with Crippen molar-refractivity contribution in [1.82, 2.24) is 14.8 Å². The zero-order valence-electron chi connectivity index (χ0n) is 24.8. The molecule has 4 nitrogen and oxygen atoms in total. The van der Waals surface area contributed by atoms with Crippen LogP contribution in [0.25, 0.3) is 83.4 Å². The third kappa shape index (κ3) is 4.47. The lowest BCUT2D eigenvalue weighted by Gasteiger charge is -2.08. The third-order valence-electron chi connectivity index (χ3n) is 8.79. The molecule has 0 aliphatic rings. The van der Waals surface area contributed by atoms with E-state index in [4.69, 9.17) is 4.42 Å². The Morgan fingerprint density at radius 3 is 1.61 bits per heavy atom. The van der Waals surface area contributed by atoms with E-state index in [0.29, 0.717) is 11.8 Å². The van der Waals surface area contributed by atoms with Crippen molar-refractivity contribution in [2.75, 3.05) is 0 Å². The fourth-order valence-electron chi connectivity index (χ4n) is 6.44. The van der Waals surface area contributed by atoms with Crippen LogP contribution in [-0.4, -0.2) is 14.8 Å². The Balaban J connectivity index is 0.990. The number of nitrogens with zero attached hydrogens (tertiary/aromatic N) is 3. The highest BCUT2D eigenvalue weighted by atomic mass is 16.4. The van der Waals surface area contributed by atoms with E-state index in [1.54, 1.807) is 0 Å². The Kier molecular flexibility index (Phi) is 6.10. The number of para-hydroxylation sites is 2. The molecule has 0 radical (unpaired) electrons. The summed E-state index contributed by atoms with van der Waals surface area (Å²) in [4.78, 5) is 0. The zero-order valence-corrected chi connectivity index (χ0v) is 24.8. The van der Waals surface area contributed by atoms with E-state index in [1.165, 1.54) is 38.1 Å². The number of hydrogen-bond acceptors (Lipinski definition) is 3. The van der Waals surface area contributed by atoms with Crippen LogP contribution in [0.2, 0.25) is 0 Å². The maximum absolute atomic E-state index is 6.13. The minimum Gasteiger partial charge on any atom is -0.416 e. The lowest BCUT2D eigenvalue weighted by Crippen LogP contribution is -1.92. The van der Waals surface area contributed by atoms with E-state index in [0.717, 1.165) is 33.5 Å². The summed E-state index contributed by atoms with van der Waals surface area (Å²) in [6.45, 7) is 0. The van der Waals surface area contributed by atoms with Crippen molar-refractivity contribution in [2.45, 2.75) is 0 Å². The summed E-state index contributed by atoms with van der Waals surface area (Å²) in [6, 6.07) is 57.4. The number of hydrogen-bond donors (Lipinski definition) is 0. The molecule has 2 heterocycles. The molecule has 0 aliphatic carbocycles. The van der Waals surface area contributed by atoms with Gasteiger partial charge in [-0.25, -0.2) is 0 Å². The SMILES string of the molecule is c1ccc(-n2c3ccccc3c3cc(-c4ccc(-c5nnc(-c6ccc(-c7ccc8ccccc8c7)cc6)o5)cc4)ccc32)cc1. The second-order valence-corrected chi connectivity index (χ2v) is 11.5. The normalized spacial score (nSPS) is 11.5. The van der Waals surface area contributed by atoms with Gasteiger partial charge in [-0.3, -0.25) is 0 Å². The summed E-state index contributed by atoms with van der Waals surface area (Å²) in [5, 5.41) is 13.7. The molecule has 0 saturated carbocycles. The highest BCUT2D eigenvalue weighted by molar-refractivity contribution is 6.10. The van der Waals surface area contributed by atoms with Crippen molar-refractivity contribution in [3.05, 3.63) is 164 Å². The smallest absolute Gasteiger partial charge is 0.248 e. The topological polar surface area (TPSA) is 43.9 Å². The van der Waals surface area contributed by atoms with E-state index >= 15 is 0 Å². The van der Waals surface area contributed by atoms with E-state index in [1.807, 2.05) is 24.3 Å². The van der Waals surface area contributed by atoms with E-state index in [-0.39, 0.29) is 0 Å². The van der Waals surface area contributed by atoms with E-state index in [2.05, 4.69) is 154 Å². The summed E-state index contributed by atoms with van der Waals surface area (Å²) in [5.41, 5.74) is 9.94. The van der Waals surface area contributed by atoms with Crippen LogP contribution in [0.1, 0.15) is 0 Å². The lowest BCUT2D eigenvalue weighted by atomic mass is 10.0. The van der Waals surface area contributed by atoms with Gasteiger partial charge >= 0.3 is 0 Å². The van der Waals surface area contributed by atoms with Crippen molar-refractivity contribution >= 4 is 32.6 Å². The van der Waals surface area contributed by atoms with Gasteiger partial charge in [0.05, 0.1) is 11.0 Å². The predicted octanol–water partition coefficient (Wildman–Crippen LogP) is 11.0. The monoisotopic (exact) mass is 589 g/mol. The third-order valence-corrected chi connectivity index (χ3v) is 8.79. The van der Waals surface area contributed by atoms with Crippen molar-refractivity contribution < 1.29 is 4.42 Å². The van der Waals surface area contributed by atoms with E-state index < -0.39 is 0 Å². The van der Waals surface area contributed by atoms with Crippen LogP contribution in [0.3, 0.4) is 0 Å². The maximum Gasteiger partial charge on any atom is 0.248 e. The molecule has 2 aromatic heterocycles. The van der Waals surface area contributed by atoms with Crippen LogP contribution in [0.5, 0.6) is 0 Å². The highest BCUT2D eigenvalue weighted by Gasteiger charge is 2.14. The quantitative estimate of drug-likeness (QED) is 0.201. The van der Waals surface area contributed by atoms with Crippen molar-refractivity contribution in [3.8, 4) is 50.8 Å². The fourth-order valence-corrected chi connectivity index (χ4v) is 6.44. The van der Waals surface area contributed by atoms with Crippen LogP contribution in [0, 0.1) is 0 Å². The Bertz CT molecular complexity index is 2510. The Morgan fingerprint density at radius 2 is 0.891 bits per heavy atom. The average molecular weight is 590 g/mol. The van der Waals surface area contributed by atoms with Crippen LogP contribution >= 0.6 is 0 Å². The molecule has 0 N–H and O–H groups in total. The fraction of sp³-hybridized carbons (Fsp3) is 0. The molecule has 7 aromatic carbocycles. The van der Waals surface area contributed by atoms with Crippen LogP contribution < -0.4 is 0 Å². The largest absolute Gasteiger partial charge is 0.416 e. The molecule has 0 spiro atoms. The molecule has 4 heteroatoms. The summed E-state index contributed by atoms with van der Waals surface area (Å²) in [7, 11) is 0. The molecule has 0 bridgehead atoms. The summed E-state index contributed by atoms with van der Waals surface area (Å²) in [5.74, 6) is 1.01. The van der Waals surface area contributed by atoms with Gasteiger partial charge in [0.15, 0.2) is 0 Å². The Hall–Kier alpha value is -6.26. The summed E-state index contributed by atoms with van der Waals surface area (Å²) in [6.07, 6.45) is 0. The van der Waals surface area contributed by atoms with Gasteiger partial charge in [-0.1, -0.05) is 103 Å². The predicted molar refractivity (Wildman–Crippen MR) is 188 cm³/mol. The maximum atomic E-state index is 6.13. The molecular formula is C42H27N3O. The molecule has 46 heavy (non-hydrogen) atoms. The molecule has 0 unspecified atom stereocenters. The van der Waals surface area contributed by atoms with Gasteiger partial charge in [0.1, 0.15) is 0 Å². The molecule has 0 saturated heterocycles. The molecular weight excluding hydrogens is 562 g/mol. The minimum atomic E-state index is 0.501. The molecule has 9 rings (SSSR count). The Morgan fingerprint density at radius 1 is 0.370 bits per heavy atom.